The van der Waals surface area contributed by atoms with Crippen LogP contribution in [0.1, 0.15) is 18.4 Å². The molecule has 0 spiro atoms. The number of ether oxygens (including phenoxy) is 1. The SMILES string of the molecule is O=C(CCCOc1ccc(Cl)cc1Cl)NNC(=S)NC(=O)Cc1ccccc1. The monoisotopic (exact) mass is 439 g/mol. The second-order valence-electron chi connectivity index (χ2n) is 5.74. The number of halogens is 2. The molecule has 0 aliphatic rings. The Hall–Kier alpha value is -2.35. The Morgan fingerprint density at radius 3 is 2.46 bits per heavy atom. The summed E-state index contributed by atoms with van der Waals surface area (Å²) < 4.78 is 5.50. The molecule has 2 aromatic carbocycles. The fourth-order valence-electron chi connectivity index (χ4n) is 2.18. The lowest BCUT2D eigenvalue weighted by Crippen LogP contribution is -2.48. The summed E-state index contributed by atoms with van der Waals surface area (Å²) in [6.45, 7) is 0.313. The van der Waals surface area contributed by atoms with Crippen LogP contribution in [0, 0.1) is 0 Å². The highest BCUT2D eigenvalue weighted by atomic mass is 35.5. The molecule has 148 valence electrons. The average Bonchev–Trinajstić information content (AvgIpc) is 2.65. The quantitative estimate of drug-likeness (QED) is 0.349. The summed E-state index contributed by atoms with van der Waals surface area (Å²) in [6.07, 6.45) is 0.875. The van der Waals surface area contributed by atoms with Gasteiger partial charge in [-0.15, -0.1) is 0 Å². The molecule has 0 radical (unpaired) electrons. The Balaban J connectivity index is 1.59. The van der Waals surface area contributed by atoms with Crippen molar-refractivity contribution in [2.24, 2.45) is 0 Å². The van der Waals surface area contributed by atoms with Crippen LogP contribution in [0.4, 0.5) is 0 Å². The van der Waals surface area contributed by atoms with Gasteiger partial charge in [0.2, 0.25) is 11.8 Å². The molecule has 6 nitrogen and oxygen atoms in total. The molecule has 2 amide bonds. The van der Waals surface area contributed by atoms with Crippen molar-refractivity contribution in [1.29, 1.82) is 0 Å². The molecule has 9 heteroatoms. The summed E-state index contributed by atoms with van der Waals surface area (Å²) in [5.74, 6) is -0.0523. The van der Waals surface area contributed by atoms with Crippen LogP contribution in [-0.2, 0) is 16.0 Å². The molecule has 2 aromatic rings. The molecular formula is C19H19Cl2N3O3S. The van der Waals surface area contributed by atoms with Gasteiger partial charge in [0.05, 0.1) is 18.1 Å². The zero-order chi connectivity index (χ0) is 20.4. The molecule has 3 N–H and O–H groups in total. The predicted octanol–water partition coefficient (Wildman–Crippen LogP) is 3.42. The van der Waals surface area contributed by atoms with E-state index in [-0.39, 0.29) is 29.8 Å². The number of nitrogens with one attached hydrogen (secondary N) is 3. The topological polar surface area (TPSA) is 79.5 Å². The standard InChI is InChI=1S/C19H19Cl2N3O3S/c20-14-8-9-16(15(21)12-14)27-10-4-7-17(25)23-24-19(28)22-18(26)11-13-5-2-1-3-6-13/h1-3,5-6,8-9,12H,4,7,10-11H2,(H,23,25)(H2,22,24,26,28). The minimum atomic E-state index is -0.287. The molecule has 0 aromatic heterocycles. The minimum absolute atomic E-state index is 0.0264. The summed E-state index contributed by atoms with van der Waals surface area (Å²) in [6, 6.07) is 14.2. The lowest BCUT2D eigenvalue weighted by atomic mass is 10.1. The number of benzene rings is 2. The summed E-state index contributed by atoms with van der Waals surface area (Å²) in [5, 5.41) is 3.46. The predicted molar refractivity (Wildman–Crippen MR) is 113 cm³/mol. The van der Waals surface area contributed by atoms with Gasteiger partial charge in [-0.05, 0) is 42.4 Å². The molecule has 0 saturated heterocycles. The molecule has 0 fully saturated rings. The minimum Gasteiger partial charge on any atom is -0.492 e. The van der Waals surface area contributed by atoms with Crippen LogP contribution in [-0.4, -0.2) is 23.5 Å². The van der Waals surface area contributed by atoms with Crippen molar-refractivity contribution in [1.82, 2.24) is 16.2 Å². The Morgan fingerprint density at radius 1 is 1.00 bits per heavy atom. The van der Waals surface area contributed by atoms with Gasteiger partial charge in [0.15, 0.2) is 5.11 Å². The zero-order valence-electron chi connectivity index (χ0n) is 14.8. The number of carbonyl (C=O) groups excluding carboxylic acids is 2. The van der Waals surface area contributed by atoms with E-state index in [2.05, 4.69) is 16.2 Å². The van der Waals surface area contributed by atoms with Crippen LogP contribution in [0.3, 0.4) is 0 Å². The number of hydrogen-bond acceptors (Lipinski definition) is 4. The van der Waals surface area contributed by atoms with Crippen LogP contribution < -0.4 is 20.9 Å². The van der Waals surface area contributed by atoms with E-state index in [1.54, 1.807) is 18.2 Å². The van der Waals surface area contributed by atoms with Gasteiger partial charge in [0.25, 0.3) is 0 Å². The van der Waals surface area contributed by atoms with E-state index in [4.69, 9.17) is 40.2 Å². The molecule has 0 atom stereocenters. The second kappa shape index (κ2) is 11.5. The highest BCUT2D eigenvalue weighted by Crippen LogP contribution is 2.27. The van der Waals surface area contributed by atoms with Crippen LogP contribution in [0.2, 0.25) is 10.0 Å². The summed E-state index contributed by atoms with van der Waals surface area (Å²) in [5.41, 5.74) is 5.79. The smallest absolute Gasteiger partial charge is 0.238 e. The normalized spacial score (nSPS) is 10.1. The molecule has 0 aliphatic carbocycles. The zero-order valence-corrected chi connectivity index (χ0v) is 17.2. The lowest BCUT2D eigenvalue weighted by molar-refractivity contribution is -0.122. The van der Waals surface area contributed by atoms with Crippen molar-refractivity contribution in [3.63, 3.8) is 0 Å². The molecule has 0 saturated carbocycles. The summed E-state index contributed by atoms with van der Waals surface area (Å²) in [7, 11) is 0. The van der Waals surface area contributed by atoms with E-state index in [0.29, 0.717) is 28.8 Å². The van der Waals surface area contributed by atoms with Crippen molar-refractivity contribution in [3.8, 4) is 5.75 Å². The highest BCUT2D eigenvalue weighted by molar-refractivity contribution is 7.80. The van der Waals surface area contributed by atoms with Crippen molar-refractivity contribution in [2.75, 3.05) is 6.61 Å². The van der Waals surface area contributed by atoms with Gasteiger partial charge in [-0.25, -0.2) is 0 Å². The first kappa shape index (κ1) is 21.9. The molecule has 0 aliphatic heterocycles. The molecular weight excluding hydrogens is 421 g/mol. The van der Waals surface area contributed by atoms with Gasteiger partial charge in [0, 0.05) is 11.4 Å². The number of carbonyl (C=O) groups is 2. The third-order valence-electron chi connectivity index (χ3n) is 3.48. The Kier molecular flexibility index (Phi) is 9.00. The number of hydrogen-bond donors (Lipinski definition) is 3. The Morgan fingerprint density at radius 2 is 1.75 bits per heavy atom. The van der Waals surface area contributed by atoms with Gasteiger partial charge < -0.3 is 10.1 Å². The van der Waals surface area contributed by atoms with Crippen LogP contribution >= 0.6 is 35.4 Å². The third kappa shape index (κ3) is 8.12. The van der Waals surface area contributed by atoms with E-state index in [1.807, 2.05) is 30.3 Å². The fourth-order valence-corrected chi connectivity index (χ4v) is 2.81. The van der Waals surface area contributed by atoms with Gasteiger partial charge >= 0.3 is 0 Å². The number of hydrazine groups is 1. The van der Waals surface area contributed by atoms with E-state index >= 15 is 0 Å². The van der Waals surface area contributed by atoms with Gasteiger partial charge in [-0.3, -0.25) is 20.4 Å². The lowest BCUT2D eigenvalue weighted by Gasteiger charge is -2.11. The Labute approximate surface area is 178 Å². The number of rotatable bonds is 7. The first-order chi connectivity index (χ1) is 13.4. The van der Waals surface area contributed by atoms with Crippen LogP contribution in [0.15, 0.2) is 48.5 Å². The fraction of sp³-hybridized carbons (Fsp3) is 0.211. The maximum atomic E-state index is 11.9. The van der Waals surface area contributed by atoms with Crippen molar-refractivity contribution < 1.29 is 14.3 Å². The van der Waals surface area contributed by atoms with Gasteiger partial charge in [-0.2, -0.15) is 0 Å². The summed E-state index contributed by atoms with van der Waals surface area (Å²) in [4.78, 5) is 23.7. The second-order valence-corrected chi connectivity index (χ2v) is 6.99. The third-order valence-corrected chi connectivity index (χ3v) is 4.21. The van der Waals surface area contributed by atoms with Crippen LogP contribution in [0.25, 0.3) is 0 Å². The highest BCUT2D eigenvalue weighted by Gasteiger charge is 2.08. The van der Waals surface area contributed by atoms with Crippen molar-refractivity contribution in [2.45, 2.75) is 19.3 Å². The molecule has 0 bridgehead atoms. The van der Waals surface area contributed by atoms with E-state index in [9.17, 15) is 9.59 Å². The van der Waals surface area contributed by atoms with Gasteiger partial charge in [-0.1, -0.05) is 53.5 Å². The molecule has 0 unspecified atom stereocenters. The van der Waals surface area contributed by atoms with Crippen molar-refractivity contribution >= 4 is 52.3 Å². The molecule has 2 rings (SSSR count). The first-order valence-electron chi connectivity index (χ1n) is 8.44. The average molecular weight is 440 g/mol. The molecule has 0 heterocycles. The van der Waals surface area contributed by atoms with Gasteiger partial charge in [0.1, 0.15) is 5.75 Å². The maximum Gasteiger partial charge on any atom is 0.238 e. The number of amides is 2. The largest absolute Gasteiger partial charge is 0.492 e. The van der Waals surface area contributed by atoms with E-state index < -0.39 is 0 Å². The molecule has 28 heavy (non-hydrogen) atoms. The van der Waals surface area contributed by atoms with Crippen LogP contribution in [0.5, 0.6) is 5.75 Å². The van der Waals surface area contributed by atoms with E-state index in [0.717, 1.165) is 5.56 Å². The number of thiocarbonyl (C=S) groups is 1. The first-order valence-corrected chi connectivity index (χ1v) is 9.61. The van der Waals surface area contributed by atoms with E-state index in [1.165, 1.54) is 0 Å². The Bertz CT molecular complexity index is 834. The maximum absolute atomic E-state index is 11.9. The van der Waals surface area contributed by atoms with Crippen molar-refractivity contribution in [3.05, 3.63) is 64.1 Å². The summed E-state index contributed by atoms with van der Waals surface area (Å²) >= 11 is 16.8.